The number of fused-ring (bicyclic) bond motifs is 2. The van der Waals surface area contributed by atoms with Crippen LogP contribution >= 0.6 is 0 Å². The number of imidazole rings is 1. The molecule has 1 aromatic carbocycles. The van der Waals surface area contributed by atoms with Crippen LogP contribution in [0, 0.1) is 5.82 Å². The van der Waals surface area contributed by atoms with Crippen LogP contribution in [-0.2, 0) is 11.3 Å². The Morgan fingerprint density at radius 1 is 1.18 bits per heavy atom. The third-order valence-electron chi connectivity index (χ3n) is 6.95. The van der Waals surface area contributed by atoms with Gasteiger partial charge < -0.3 is 25.4 Å². The number of rotatable bonds is 5. The van der Waals surface area contributed by atoms with Crippen LogP contribution in [0.1, 0.15) is 37.2 Å². The highest BCUT2D eigenvalue weighted by Crippen LogP contribution is 2.35. The zero-order valence-electron chi connectivity index (χ0n) is 20.5. The van der Waals surface area contributed by atoms with Crippen LogP contribution in [0.15, 0.2) is 55.0 Å². The maximum absolute atomic E-state index is 13.6. The average Bonchev–Trinajstić information content (AvgIpc) is 3.48. The van der Waals surface area contributed by atoms with Crippen molar-refractivity contribution in [3.8, 4) is 11.3 Å². The van der Waals surface area contributed by atoms with Crippen molar-refractivity contribution >= 4 is 28.7 Å². The highest BCUT2D eigenvalue weighted by Gasteiger charge is 2.33. The molecule has 4 aromatic rings. The summed E-state index contributed by atoms with van der Waals surface area (Å²) in [5.74, 6) is 0.0910. The average molecular weight is 519 g/mol. The predicted molar refractivity (Wildman–Crippen MR) is 144 cm³/mol. The molecule has 3 N–H and O–H groups in total. The van der Waals surface area contributed by atoms with Gasteiger partial charge in [-0.15, -0.1) is 0 Å². The molecule has 9 nitrogen and oxygen atoms in total. The van der Waals surface area contributed by atoms with Gasteiger partial charge in [-0.2, -0.15) is 0 Å². The van der Waals surface area contributed by atoms with E-state index in [1.807, 2.05) is 28.7 Å². The molecule has 0 saturated carbocycles. The molecule has 5 heterocycles. The first kappa shape index (κ1) is 25.6. The Morgan fingerprint density at radius 2 is 2.03 bits per heavy atom. The lowest BCUT2D eigenvalue weighted by Crippen LogP contribution is -2.52. The predicted octanol–water partition coefficient (Wildman–Crippen LogP) is 4.13. The second-order valence-electron chi connectivity index (χ2n) is 9.90. The summed E-state index contributed by atoms with van der Waals surface area (Å²) in [6, 6.07) is 10.4. The Kier molecular flexibility index (Phi) is 6.54. The fourth-order valence-electron chi connectivity index (χ4n) is 4.94. The summed E-state index contributed by atoms with van der Waals surface area (Å²) in [7, 11) is 0. The van der Waals surface area contributed by atoms with Crippen LogP contribution in [-0.4, -0.2) is 56.8 Å². The van der Waals surface area contributed by atoms with Gasteiger partial charge in [-0.25, -0.2) is 14.4 Å². The number of anilines is 3. The Balaban J connectivity index is 0.00000294. The van der Waals surface area contributed by atoms with E-state index in [0.29, 0.717) is 49.0 Å². The number of aromatic nitrogens is 3. The maximum Gasteiger partial charge on any atom is 0.254 e. The first-order valence-corrected chi connectivity index (χ1v) is 12.2. The van der Waals surface area contributed by atoms with Gasteiger partial charge in [0.25, 0.3) is 5.91 Å². The highest BCUT2D eigenvalue weighted by atomic mass is 19.1. The number of carbonyl (C=O) groups excluding carboxylic acids is 1. The number of hydrogen-bond acceptors (Lipinski definition) is 7. The zero-order chi connectivity index (χ0) is 25.7. The summed E-state index contributed by atoms with van der Waals surface area (Å²) >= 11 is 0. The van der Waals surface area contributed by atoms with E-state index in [0.717, 1.165) is 22.5 Å². The molecule has 3 aromatic heterocycles. The van der Waals surface area contributed by atoms with Gasteiger partial charge in [0, 0.05) is 37.5 Å². The molecule has 2 aliphatic rings. The fraction of sp³-hybridized carbons (Fsp3) is 0.321. The standard InChI is InChI=1S/C27H27FN6O3.CH4/c1-27(2,36)22-15-33(9-10-37-22)17-3-6-23(29-12-17)32-20-5-4-18(19-13-31-26(35)25(19)20)21-14-30-24-11-16(28)7-8-34(21)24;/h3-8,11-12,14,22,36H,9-10,13,15H2,1-2H3,(H,29,32)(H,31,35);1H4/t22-;/m1./s1. The molecule has 1 amide bonds. The molecule has 0 spiro atoms. The van der Waals surface area contributed by atoms with Crippen molar-refractivity contribution < 1.29 is 19.0 Å². The zero-order valence-corrected chi connectivity index (χ0v) is 20.5. The summed E-state index contributed by atoms with van der Waals surface area (Å²) in [5.41, 5.74) is 4.21. The van der Waals surface area contributed by atoms with Crippen LogP contribution in [0.3, 0.4) is 0 Å². The van der Waals surface area contributed by atoms with Crippen molar-refractivity contribution in [1.82, 2.24) is 19.7 Å². The minimum Gasteiger partial charge on any atom is -0.388 e. The number of nitrogens with zero attached hydrogens (tertiary/aromatic N) is 4. The van der Waals surface area contributed by atoms with E-state index in [9.17, 15) is 14.3 Å². The largest absolute Gasteiger partial charge is 0.388 e. The van der Waals surface area contributed by atoms with Crippen LogP contribution in [0.4, 0.5) is 21.6 Å². The van der Waals surface area contributed by atoms with Crippen LogP contribution < -0.4 is 15.5 Å². The smallest absolute Gasteiger partial charge is 0.254 e. The van der Waals surface area contributed by atoms with Gasteiger partial charge in [-0.1, -0.05) is 13.5 Å². The monoisotopic (exact) mass is 518 g/mol. The van der Waals surface area contributed by atoms with Gasteiger partial charge in [-0.3, -0.25) is 9.20 Å². The van der Waals surface area contributed by atoms with Crippen molar-refractivity contribution in [2.45, 2.75) is 39.5 Å². The van der Waals surface area contributed by atoms with Crippen LogP contribution in [0.25, 0.3) is 16.9 Å². The first-order valence-electron chi connectivity index (χ1n) is 12.2. The van der Waals surface area contributed by atoms with Crippen molar-refractivity contribution in [2.24, 2.45) is 0 Å². The molecule has 2 aliphatic heterocycles. The van der Waals surface area contributed by atoms with Gasteiger partial charge in [0.15, 0.2) is 0 Å². The van der Waals surface area contributed by atoms with E-state index in [4.69, 9.17) is 4.74 Å². The lowest BCUT2D eigenvalue weighted by atomic mass is 9.99. The van der Waals surface area contributed by atoms with Crippen molar-refractivity contribution in [3.05, 3.63) is 71.9 Å². The molecule has 38 heavy (non-hydrogen) atoms. The number of halogens is 1. The molecular formula is C28H31FN6O3. The number of aliphatic hydroxyl groups is 1. The van der Waals surface area contributed by atoms with Gasteiger partial charge in [0.2, 0.25) is 0 Å². The second kappa shape index (κ2) is 9.70. The number of morpholine rings is 1. The quantitative estimate of drug-likeness (QED) is 0.365. The molecule has 1 fully saturated rings. The molecule has 0 unspecified atom stereocenters. The molecular weight excluding hydrogens is 487 g/mol. The summed E-state index contributed by atoms with van der Waals surface area (Å²) < 4.78 is 21.2. The fourth-order valence-corrected chi connectivity index (χ4v) is 4.94. The van der Waals surface area contributed by atoms with E-state index >= 15 is 0 Å². The molecule has 1 saturated heterocycles. The number of ether oxygens (including phenoxy) is 1. The van der Waals surface area contributed by atoms with Crippen LogP contribution in [0.2, 0.25) is 0 Å². The van der Waals surface area contributed by atoms with Crippen LogP contribution in [0.5, 0.6) is 0 Å². The molecule has 1 atom stereocenters. The number of pyridine rings is 2. The van der Waals surface area contributed by atoms with Crippen molar-refractivity contribution in [1.29, 1.82) is 0 Å². The third kappa shape index (κ3) is 4.57. The van der Waals surface area contributed by atoms with E-state index in [2.05, 4.69) is 25.5 Å². The Morgan fingerprint density at radius 3 is 2.79 bits per heavy atom. The minimum atomic E-state index is -0.930. The molecule has 10 heteroatoms. The summed E-state index contributed by atoms with van der Waals surface area (Å²) in [6.07, 6.45) is 4.82. The topological polar surface area (TPSA) is 104 Å². The molecule has 0 aliphatic carbocycles. The Bertz CT molecular complexity index is 1500. The normalized spacial score (nSPS) is 17.2. The van der Waals surface area contributed by atoms with E-state index in [1.54, 1.807) is 32.4 Å². The number of amides is 1. The number of carbonyl (C=O) groups is 1. The molecule has 198 valence electrons. The van der Waals surface area contributed by atoms with E-state index < -0.39 is 5.60 Å². The van der Waals surface area contributed by atoms with Gasteiger partial charge in [0.05, 0.1) is 47.2 Å². The van der Waals surface area contributed by atoms with E-state index in [-0.39, 0.29) is 25.3 Å². The summed E-state index contributed by atoms with van der Waals surface area (Å²) in [4.78, 5) is 23.8. The second-order valence-corrected chi connectivity index (χ2v) is 9.90. The lowest BCUT2D eigenvalue weighted by Gasteiger charge is -2.39. The summed E-state index contributed by atoms with van der Waals surface area (Å²) in [5, 5.41) is 16.5. The number of benzene rings is 1. The lowest BCUT2D eigenvalue weighted by molar-refractivity contribution is -0.0928. The van der Waals surface area contributed by atoms with Crippen molar-refractivity contribution in [3.63, 3.8) is 0 Å². The number of nitrogens with one attached hydrogen (secondary N) is 2. The van der Waals surface area contributed by atoms with Gasteiger partial charge in [-0.05, 0) is 43.7 Å². The van der Waals surface area contributed by atoms with Crippen molar-refractivity contribution in [2.75, 3.05) is 29.9 Å². The Hall–Kier alpha value is -4.02. The first-order chi connectivity index (χ1) is 17.8. The summed E-state index contributed by atoms with van der Waals surface area (Å²) in [6.45, 7) is 5.71. The maximum atomic E-state index is 13.6. The highest BCUT2D eigenvalue weighted by molar-refractivity contribution is 6.06. The Labute approximate surface area is 220 Å². The third-order valence-corrected chi connectivity index (χ3v) is 6.95. The SMILES string of the molecule is C.CC(C)(O)[C@H]1CN(c2ccc(Nc3ccc(-c4cnc5cc(F)ccn45)c4c3C(=O)NC4)nc2)CCO1. The number of hydrogen-bond donors (Lipinski definition) is 3. The molecule has 6 rings (SSSR count). The molecule has 0 bridgehead atoms. The van der Waals surface area contributed by atoms with E-state index in [1.165, 1.54) is 12.1 Å². The van der Waals surface area contributed by atoms with Gasteiger partial charge >= 0.3 is 0 Å². The van der Waals surface area contributed by atoms with Gasteiger partial charge in [0.1, 0.15) is 23.4 Å². The minimum absolute atomic E-state index is 0. The molecule has 0 radical (unpaired) electrons.